The topological polar surface area (TPSA) is 88.3 Å². The average molecular weight is 295 g/mol. The van der Waals surface area contributed by atoms with E-state index in [9.17, 15) is 10.1 Å². The molecule has 0 aliphatic rings. The fourth-order valence-electron chi connectivity index (χ4n) is 2.13. The standard InChI is InChI=1S/C13H17N3O3S/c1-8(2)9(5-6-17)15-10-3-4-11-12(14-7-20-11)13(10)16(18)19/h3-4,7-9,15,17H,5-6H2,1-2H3. The van der Waals surface area contributed by atoms with Crippen LogP contribution in [0.15, 0.2) is 17.6 Å². The van der Waals surface area contributed by atoms with Crippen molar-refractivity contribution >= 4 is 32.9 Å². The summed E-state index contributed by atoms with van der Waals surface area (Å²) in [7, 11) is 0. The molecule has 0 bridgehead atoms. The smallest absolute Gasteiger partial charge is 0.319 e. The van der Waals surface area contributed by atoms with Crippen LogP contribution in [-0.2, 0) is 0 Å². The lowest BCUT2D eigenvalue weighted by Gasteiger charge is -2.22. The van der Waals surface area contributed by atoms with Crippen molar-refractivity contribution in [3.63, 3.8) is 0 Å². The van der Waals surface area contributed by atoms with Crippen LogP contribution in [0.4, 0.5) is 11.4 Å². The summed E-state index contributed by atoms with van der Waals surface area (Å²) in [4.78, 5) is 15.0. The summed E-state index contributed by atoms with van der Waals surface area (Å²) in [5, 5.41) is 23.6. The van der Waals surface area contributed by atoms with Crippen molar-refractivity contribution in [2.45, 2.75) is 26.3 Å². The number of thiazole rings is 1. The molecule has 6 nitrogen and oxygen atoms in total. The van der Waals surface area contributed by atoms with Crippen molar-refractivity contribution in [1.82, 2.24) is 4.98 Å². The molecule has 7 heteroatoms. The molecule has 1 unspecified atom stereocenters. The zero-order valence-electron chi connectivity index (χ0n) is 11.4. The normalized spacial score (nSPS) is 12.8. The lowest BCUT2D eigenvalue weighted by molar-refractivity contribution is -0.382. The van der Waals surface area contributed by atoms with Gasteiger partial charge >= 0.3 is 5.69 Å². The molecule has 1 heterocycles. The molecule has 20 heavy (non-hydrogen) atoms. The number of fused-ring (bicyclic) bond motifs is 1. The fraction of sp³-hybridized carbons (Fsp3) is 0.462. The van der Waals surface area contributed by atoms with Crippen LogP contribution in [0.2, 0.25) is 0 Å². The molecule has 1 aromatic heterocycles. The summed E-state index contributed by atoms with van der Waals surface area (Å²) < 4.78 is 0.797. The predicted octanol–water partition coefficient (Wildman–Crippen LogP) is 3.02. The van der Waals surface area contributed by atoms with Crippen LogP contribution < -0.4 is 5.32 Å². The van der Waals surface area contributed by atoms with E-state index < -0.39 is 4.92 Å². The zero-order valence-corrected chi connectivity index (χ0v) is 12.2. The first-order valence-electron chi connectivity index (χ1n) is 6.42. The van der Waals surface area contributed by atoms with Gasteiger partial charge in [0.15, 0.2) is 5.52 Å². The minimum Gasteiger partial charge on any atom is -0.396 e. The quantitative estimate of drug-likeness (QED) is 0.631. The van der Waals surface area contributed by atoms with E-state index >= 15 is 0 Å². The Morgan fingerprint density at radius 1 is 1.50 bits per heavy atom. The van der Waals surface area contributed by atoms with Crippen LogP contribution >= 0.6 is 11.3 Å². The number of hydrogen-bond donors (Lipinski definition) is 2. The summed E-state index contributed by atoms with van der Waals surface area (Å²) in [6, 6.07) is 3.53. The molecular formula is C13H17N3O3S. The van der Waals surface area contributed by atoms with Gasteiger partial charge in [-0.15, -0.1) is 11.3 Å². The van der Waals surface area contributed by atoms with Crippen LogP contribution in [0.1, 0.15) is 20.3 Å². The Balaban J connectivity index is 2.42. The second kappa shape index (κ2) is 6.15. The van der Waals surface area contributed by atoms with Crippen LogP contribution in [0, 0.1) is 16.0 Å². The first kappa shape index (κ1) is 14.7. The maximum Gasteiger partial charge on any atom is 0.319 e. The van der Waals surface area contributed by atoms with Gasteiger partial charge in [-0.1, -0.05) is 13.8 Å². The van der Waals surface area contributed by atoms with Gasteiger partial charge in [0.05, 0.1) is 15.1 Å². The Kier molecular flexibility index (Phi) is 4.51. The van der Waals surface area contributed by atoms with Gasteiger partial charge in [0.2, 0.25) is 0 Å². The Bertz CT molecular complexity index is 612. The van der Waals surface area contributed by atoms with Gasteiger partial charge < -0.3 is 10.4 Å². The Morgan fingerprint density at radius 3 is 2.85 bits per heavy atom. The highest BCUT2D eigenvalue weighted by molar-refractivity contribution is 7.16. The number of nitrogens with one attached hydrogen (secondary N) is 1. The number of nitro benzene ring substituents is 1. The molecule has 108 valence electrons. The summed E-state index contributed by atoms with van der Waals surface area (Å²) in [5.74, 6) is 0.257. The first-order chi connectivity index (χ1) is 9.54. The maximum absolute atomic E-state index is 11.3. The van der Waals surface area contributed by atoms with Gasteiger partial charge in [0.1, 0.15) is 5.69 Å². The number of rotatable bonds is 6. The maximum atomic E-state index is 11.3. The number of nitro groups is 1. The van der Waals surface area contributed by atoms with Crippen molar-refractivity contribution in [3.8, 4) is 0 Å². The number of hydrogen-bond acceptors (Lipinski definition) is 6. The molecule has 0 aliphatic carbocycles. The van der Waals surface area contributed by atoms with E-state index in [0.29, 0.717) is 17.6 Å². The van der Waals surface area contributed by atoms with Gasteiger partial charge in [-0.3, -0.25) is 10.1 Å². The van der Waals surface area contributed by atoms with Crippen molar-refractivity contribution in [2.24, 2.45) is 5.92 Å². The monoisotopic (exact) mass is 295 g/mol. The first-order valence-corrected chi connectivity index (χ1v) is 7.30. The van der Waals surface area contributed by atoms with E-state index in [1.165, 1.54) is 11.3 Å². The highest BCUT2D eigenvalue weighted by Gasteiger charge is 2.23. The molecule has 0 fully saturated rings. The van der Waals surface area contributed by atoms with E-state index in [0.717, 1.165) is 4.70 Å². The molecule has 0 saturated heterocycles. The minimum absolute atomic E-state index is 0.00680. The van der Waals surface area contributed by atoms with E-state index in [1.54, 1.807) is 11.6 Å². The van der Waals surface area contributed by atoms with Crippen molar-refractivity contribution < 1.29 is 10.0 Å². The highest BCUT2D eigenvalue weighted by Crippen LogP contribution is 2.35. The van der Waals surface area contributed by atoms with E-state index in [1.807, 2.05) is 19.9 Å². The second-order valence-electron chi connectivity index (χ2n) is 4.93. The van der Waals surface area contributed by atoms with Crippen LogP contribution in [0.5, 0.6) is 0 Å². The number of aliphatic hydroxyl groups excluding tert-OH is 1. The van der Waals surface area contributed by atoms with Crippen LogP contribution in [-0.4, -0.2) is 27.7 Å². The molecule has 0 saturated carbocycles. The van der Waals surface area contributed by atoms with Crippen molar-refractivity contribution in [2.75, 3.05) is 11.9 Å². The molecule has 2 aromatic rings. The number of benzene rings is 1. The molecule has 0 radical (unpaired) electrons. The minimum atomic E-state index is -0.402. The largest absolute Gasteiger partial charge is 0.396 e. The van der Waals surface area contributed by atoms with Crippen LogP contribution in [0.25, 0.3) is 10.2 Å². The van der Waals surface area contributed by atoms with E-state index in [4.69, 9.17) is 5.11 Å². The molecule has 0 aliphatic heterocycles. The Hall–Kier alpha value is -1.73. The summed E-state index contributed by atoms with van der Waals surface area (Å²) in [5.41, 5.74) is 2.49. The van der Waals surface area contributed by atoms with Crippen LogP contribution in [0.3, 0.4) is 0 Å². The predicted molar refractivity (Wildman–Crippen MR) is 80.2 cm³/mol. The molecule has 2 rings (SSSR count). The number of anilines is 1. The molecule has 2 N–H and O–H groups in total. The number of nitrogens with zero attached hydrogens (tertiary/aromatic N) is 2. The molecular weight excluding hydrogens is 278 g/mol. The second-order valence-corrected chi connectivity index (χ2v) is 5.81. The van der Waals surface area contributed by atoms with Gasteiger partial charge in [0.25, 0.3) is 0 Å². The average Bonchev–Trinajstić information content (AvgIpc) is 2.85. The Morgan fingerprint density at radius 2 is 2.25 bits per heavy atom. The van der Waals surface area contributed by atoms with E-state index in [-0.39, 0.29) is 24.3 Å². The van der Waals surface area contributed by atoms with Gasteiger partial charge in [-0.2, -0.15) is 0 Å². The third kappa shape index (κ3) is 2.88. The van der Waals surface area contributed by atoms with Gasteiger partial charge in [-0.05, 0) is 24.5 Å². The Labute approximate surface area is 120 Å². The van der Waals surface area contributed by atoms with Gasteiger partial charge in [-0.25, -0.2) is 4.98 Å². The third-order valence-electron chi connectivity index (χ3n) is 3.24. The van der Waals surface area contributed by atoms with E-state index in [2.05, 4.69) is 10.3 Å². The third-order valence-corrected chi connectivity index (χ3v) is 4.04. The van der Waals surface area contributed by atoms with Crippen molar-refractivity contribution in [3.05, 3.63) is 27.8 Å². The lowest BCUT2D eigenvalue weighted by Crippen LogP contribution is -2.27. The summed E-state index contributed by atoms with van der Waals surface area (Å²) in [6.45, 7) is 4.07. The lowest BCUT2D eigenvalue weighted by atomic mass is 10.0. The van der Waals surface area contributed by atoms with Gasteiger partial charge in [0, 0.05) is 12.6 Å². The molecule has 0 spiro atoms. The molecule has 0 amide bonds. The molecule has 1 aromatic carbocycles. The summed E-state index contributed by atoms with van der Waals surface area (Å²) in [6.07, 6.45) is 0.546. The molecule has 1 atom stereocenters. The number of aromatic nitrogens is 1. The number of aliphatic hydroxyl groups is 1. The summed E-state index contributed by atoms with van der Waals surface area (Å²) >= 11 is 1.38. The highest BCUT2D eigenvalue weighted by atomic mass is 32.1. The SMILES string of the molecule is CC(C)C(CCO)Nc1ccc2scnc2c1[N+](=O)[O-]. The zero-order chi connectivity index (χ0) is 14.7. The fourth-order valence-corrected chi connectivity index (χ4v) is 2.81. The van der Waals surface area contributed by atoms with Crippen molar-refractivity contribution in [1.29, 1.82) is 0 Å².